The van der Waals surface area contributed by atoms with Crippen LogP contribution in [0.1, 0.15) is 37.4 Å². The molecule has 1 aliphatic rings. The highest BCUT2D eigenvalue weighted by atomic mass is 16.5. The number of carbonyl (C=O) groups excluding carboxylic acids is 2. The Morgan fingerprint density at radius 3 is 2.14 bits per heavy atom. The lowest BCUT2D eigenvalue weighted by Crippen LogP contribution is -2.33. The van der Waals surface area contributed by atoms with Crippen molar-refractivity contribution in [1.82, 2.24) is 9.80 Å². The van der Waals surface area contributed by atoms with E-state index in [1.165, 1.54) is 12.0 Å². The summed E-state index contributed by atoms with van der Waals surface area (Å²) >= 11 is 0. The third kappa shape index (κ3) is 5.43. The molecule has 1 N–H and O–H groups in total. The molecule has 0 aromatic heterocycles. The second-order valence-electron chi connectivity index (χ2n) is 8.21. The Kier molecular flexibility index (Phi) is 8.76. The van der Waals surface area contributed by atoms with Gasteiger partial charge in [-0.2, -0.15) is 0 Å². The second-order valence-corrected chi connectivity index (χ2v) is 8.21. The van der Waals surface area contributed by atoms with E-state index < -0.39 is 17.7 Å². The zero-order valence-corrected chi connectivity index (χ0v) is 21.0. The van der Waals surface area contributed by atoms with Crippen molar-refractivity contribution in [3.63, 3.8) is 0 Å². The fraction of sp³-hybridized carbons (Fsp3) is 0.407. The fourth-order valence-electron chi connectivity index (χ4n) is 4.40. The summed E-state index contributed by atoms with van der Waals surface area (Å²) in [5, 5.41) is 11.3. The first-order valence-electron chi connectivity index (χ1n) is 11.8. The molecule has 1 saturated heterocycles. The van der Waals surface area contributed by atoms with Gasteiger partial charge in [-0.15, -0.1) is 0 Å². The summed E-state index contributed by atoms with van der Waals surface area (Å²) in [7, 11) is 4.62. The molecule has 2 aromatic carbocycles. The van der Waals surface area contributed by atoms with Crippen molar-refractivity contribution in [2.75, 3.05) is 47.5 Å². The molecule has 0 unspecified atom stereocenters. The normalized spacial score (nSPS) is 17.2. The summed E-state index contributed by atoms with van der Waals surface area (Å²) in [6.07, 6.45) is 0.681. The lowest BCUT2D eigenvalue weighted by molar-refractivity contribution is -0.140. The highest BCUT2D eigenvalue weighted by Gasteiger charge is 2.47. The van der Waals surface area contributed by atoms with E-state index in [0.29, 0.717) is 41.3 Å². The van der Waals surface area contributed by atoms with Crippen LogP contribution in [0.4, 0.5) is 0 Å². The van der Waals surface area contributed by atoms with Gasteiger partial charge in [-0.1, -0.05) is 13.8 Å². The van der Waals surface area contributed by atoms with Gasteiger partial charge in [0, 0.05) is 17.7 Å². The van der Waals surface area contributed by atoms with E-state index in [-0.39, 0.29) is 11.3 Å². The average molecular weight is 483 g/mol. The van der Waals surface area contributed by atoms with E-state index in [0.717, 1.165) is 19.6 Å². The maximum atomic E-state index is 13.3. The first-order chi connectivity index (χ1) is 16.9. The van der Waals surface area contributed by atoms with Crippen LogP contribution in [0.25, 0.3) is 5.76 Å². The minimum atomic E-state index is -0.821. The molecule has 1 atom stereocenters. The number of aliphatic hydroxyl groups is 1. The topological polar surface area (TPSA) is 88.5 Å². The van der Waals surface area contributed by atoms with Gasteiger partial charge in [0.05, 0.1) is 32.9 Å². The first-order valence-corrected chi connectivity index (χ1v) is 11.8. The minimum Gasteiger partial charge on any atom is -0.507 e. The average Bonchev–Trinajstić information content (AvgIpc) is 3.15. The number of aliphatic hydroxyl groups excluding tert-OH is 1. The Labute approximate surface area is 206 Å². The molecule has 1 heterocycles. The van der Waals surface area contributed by atoms with Gasteiger partial charge in [0.2, 0.25) is 0 Å². The Morgan fingerprint density at radius 2 is 1.57 bits per heavy atom. The van der Waals surface area contributed by atoms with Gasteiger partial charge in [0.25, 0.3) is 11.7 Å². The van der Waals surface area contributed by atoms with E-state index in [4.69, 9.17) is 14.2 Å². The number of benzene rings is 2. The molecule has 1 aliphatic heterocycles. The number of ketones is 1. The van der Waals surface area contributed by atoms with Gasteiger partial charge in [-0.3, -0.25) is 9.59 Å². The van der Waals surface area contributed by atoms with Crippen LogP contribution in [0.3, 0.4) is 0 Å². The Balaban J connectivity index is 2.12. The Hall–Kier alpha value is -3.52. The number of amides is 1. The third-order valence-corrected chi connectivity index (χ3v) is 6.40. The smallest absolute Gasteiger partial charge is 0.295 e. The Bertz CT molecular complexity index is 1080. The first kappa shape index (κ1) is 26.1. The third-order valence-electron chi connectivity index (χ3n) is 6.40. The maximum absolute atomic E-state index is 13.3. The van der Waals surface area contributed by atoms with Crippen LogP contribution >= 0.6 is 0 Å². The van der Waals surface area contributed by atoms with Gasteiger partial charge in [0.1, 0.15) is 23.0 Å². The van der Waals surface area contributed by atoms with Crippen molar-refractivity contribution in [1.29, 1.82) is 0 Å². The van der Waals surface area contributed by atoms with Crippen LogP contribution in [-0.2, 0) is 9.59 Å². The number of nitrogens with zero attached hydrogens (tertiary/aromatic N) is 2. The van der Waals surface area contributed by atoms with Gasteiger partial charge in [0.15, 0.2) is 0 Å². The van der Waals surface area contributed by atoms with Crippen LogP contribution in [0.5, 0.6) is 17.2 Å². The number of carbonyl (C=O) groups is 2. The lowest BCUT2D eigenvalue weighted by atomic mass is 9.94. The molecule has 1 fully saturated rings. The highest BCUT2D eigenvalue weighted by molar-refractivity contribution is 6.46. The molecule has 8 nitrogen and oxygen atoms in total. The van der Waals surface area contributed by atoms with Crippen LogP contribution in [-0.4, -0.2) is 74.1 Å². The number of Topliss-reactive ketones (excluding diaryl/α,β-unsaturated/α-hetero) is 1. The van der Waals surface area contributed by atoms with Crippen LogP contribution < -0.4 is 14.2 Å². The van der Waals surface area contributed by atoms with Crippen molar-refractivity contribution < 1.29 is 28.9 Å². The van der Waals surface area contributed by atoms with Crippen LogP contribution in [0, 0.1) is 0 Å². The van der Waals surface area contributed by atoms with E-state index >= 15 is 0 Å². The molecule has 0 bridgehead atoms. The molecule has 35 heavy (non-hydrogen) atoms. The summed E-state index contributed by atoms with van der Waals surface area (Å²) < 4.78 is 16.2. The number of hydrogen-bond acceptors (Lipinski definition) is 7. The number of hydrogen-bond donors (Lipinski definition) is 1. The van der Waals surface area contributed by atoms with Crippen molar-refractivity contribution in [2.45, 2.75) is 26.3 Å². The zero-order chi connectivity index (χ0) is 25.5. The molecule has 3 rings (SSSR count). The standard InChI is InChI=1S/C27H34N2O6/c1-6-28(7-2)15-8-16-29-24(21-17-20(34-4)13-14-22(21)35-5)23(26(31)27(29)32)25(30)18-9-11-19(33-3)12-10-18/h9-14,17,24,30H,6-8,15-16H2,1-5H3/t24-/m1/s1. The van der Waals surface area contributed by atoms with E-state index in [1.54, 1.807) is 56.7 Å². The second kappa shape index (κ2) is 11.8. The zero-order valence-electron chi connectivity index (χ0n) is 21.0. The summed E-state index contributed by atoms with van der Waals surface area (Å²) in [6.45, 7) is 7.12. The summed E-state index contributed by atoms with van der Waals surface area (Å²) in [5.41, 5.74) is 1.01. The molecule has 0 saturated carbocycles. The van der Waals surface area contributed by atoms with E-state index in [1.807, 2.05) is 0 Å². The molecule has 0 aliphatic carbocycles. The SMILES string of the molecule is CCN(CC)CCCN1C(=O)C(=O)C(=C(O)c2ccc(OC)cc2)[C@H]1c1cc(OC)ccc1OC. The predicted molar refractivity (Wildman–Crippen MR) is 134 cm³/mol. The molecule has 8 heteroatoms. The van der Waals surface area contributed by atoms with Gasteiger partial charge >= 0.3 is 0 Å². The van der Waals surface area contributed by atoms with Crippen molar-refractivity contribution in [2.24, 2.45) is 0 Å². The monoisotopic (exact) mass is 482 g/mol. The summed E-state index contributed by atoms with van der Waals surface area (Å²) in [4.78, 5) is 30.3. The predicted octanol–water partition coefficient (Wildman–Crippen LogP) is 3.87. The van der Waals surface area contributed by atoms with Crippen molar-refractivity contribution >= 4 is 17.4 Å². The molecule has 0 spiro atoms. The van der Waals surface area contributed by atoms with Gasteiger partial charge in [-0.05, 0) is 68.5 Å². The van der Waals surface area contributed by atoms with E-state index in [9.17, 15) is 14.7 Å². The van der Waals surface area contributed by atoms with Crippen LogP contribution in [0.15, 0.2) is 48.0 Å². The summed E-state index contributed by atoms with van der Waals surface area (Å²) in [5.74, 6) is 0.0492. The molecule has 188 valence electrons. The number of ether oxygens (including phenoxy) is 3. The van der Waals surface area contributed by atoms with Gasteiger partial charge in [-0.25, -0.2) is 0 Å². The largest absolute Gasteiger partial charge is 0.507 e. The minimum absolute atomic E-state index is 0.0227. The molecular formula is C27H34N2O6. The molecule has 2 aromatic rings. The summed E-state index contributed by atoms with van der Waals surface area (Å²) in [6, 6.07) is 11.1. The van der Waals surface area contributed by atoms with E-state index in [2.05, 4.69) is 18.7 Å². The Morgan fingerprint density at radius 1 is 0.943 bits per heavy atom. The maximum Gasteiger partial charge on any atom is 0.295 e. The molecule has 0 radical (unpaired) electrons. The van der Waals surface area contributed by atoms with Crippen molar-refractivity contribution in [3.05, 3.63) is 59.2 Å². The quantitative estimate of drug-likeness (QED) is 0.296. The number of rotatable bonds is 11. The van der Waals surface area contributed by atoms with Gasteiger partial charge < -0.3 is 29.1 Å². The molecular weight excluding hydrogens is 448 g/mol. The number of likely N-dealkylation sites (tertiary alicyclic amines) is 1. The van der Waals surface area contributed by atoms with Crippen LogP contribution in [0.2, 0.25) is 0 Å². The molecule has 1 amide bonds. The van der Waals surface area contributed by atoms with Crippen molar-refractivity contribution in [3.8, 4) is 17.2 Å². The highest BCUT2D eigenvalue weighted by Crippen LogP contribution is 2.44. The fourth-order valence-corrected chi connectivity index (χ4v) is 4.40. The number of methoxy groups -OCH3 is 3. The lowest BCUT2D eigenvalue weighted by Gasteiger charge is -2.28.